The van der Waals surface area contributed by atoms with Gasteiger partial charge in [-0.2, -0.15) is 14.4 Å². The zero-order valence-corrected chi connectivity index (χ0v) is 79.4. The molecular weight excluding hydrogens is 1740 g/mol. The fraction of sp³-hybridized carbons (Fsp3) is 0.147. The van der Waals surface area contributed by atoms with Crippen LogP contribution in [0.5, 0.6) is 17.2 Å². The van der Waals surface area contributed by atoms with E-state index in [-0.39, 0.29) is 42.4 Å². The minimum Gasteiger partial charge on any atom is -0.497 e. The molecule has 29 heteroatoms. The Hall–Kier alpha value is -18.1. The van der Waals surface area contributed by atoms with Gasteiger partial charge in [0.1, 0.15) is 104 Å². The zero-order valence-electron chi connectivity index (χ0n) is 79.4. The number of ether oxygens (including phenoxy) is 3. The average Bonchev–Trinajstić information content (AvgIpc) is 0.784. The molecule has 10 aromatic heterocycles. The van der Waals surface area contributed by atoms with Crippen LogP contribution in [0.15, 0.2) is 347 Å². The number of carboxylic acids is 1. The average molecular weight is 1850 g/mol. The Balaban J connectivity index is 0.000000147. The highest BCUT2D eigenvalue weighted by molar-refractivity contribution is 6.01. The second kappa shape index (κ2) is 46.8. The van der Waals surface area contributed by atoms with Crippen molar-refractivity contribution < 1.29 is 94.3 Å². The summed E-state index contributed by atoms with van der Waals surface area (Å²) in [6.07, 6.45) is 24.0. The van der Waals surface area contributed by atoms with Gasteiger partial charge in [0.2, 0.25) is 38.6 Å². The molecule has 0 aliphatic rings. The van der Waals surface area contributed by atoms with E-state index in [1.165, 1.54) is 51.0 Å². The van der Waals surface area contributed by atoms with E-state index in [9.17, 15) is 50.0 Å². The van der Waals surface area contributed by atoms with Gasteiger partial charge < -0.3 is 19.3 Å². The first-order valence-electron chi connectivity index (χ1n) is 43.4. The molecule has 0 aliphatic carbocycles. The lowest BCUT2D eigenvalue weighted by atomic mass is 10.1. The molecule has 0 aliphatic heterocycles. The van der Waals surface area contributed by atoms with E-state index in [1.807, 2.05) is 285 Å². The first kappa shape index (κ1) is 100. The van der Waals surface area contributed by atoms with E-state index in [1.54, 1.807) is 101 Å². The summed E-state index contributed by atoms with van der Waals surface area (Å²) in [5.41, 5.74) is 13.8. The number of nitrogens with zero attached hydrogens (tertiary/aromatic N) is 15. The normalized spacial score (nSPS) is 10.3. The predicted molar refractivity (Wildman–Crippen MR) is 529 cm³/mol. The zero-order chi connectivity index (χ0) is 99.6. The maximum atomic E-state index is 10.9. The van der Waals surface area contributed by atoms with E-state index in [0.29, 0.717) is 32.8 Å². The van der Waals surface area contributed by atoms with Gasteiger partial charge in [0.05, 0.1) is 84.3 Å². The summed E-state index contributed by atoms with van der Waals surface area (Å²) in [5.74, 6) is 1.67. The van der Waals surface area contributed by atoms with Crippen molar-refractivity contribution in [2.24, 2.45) is 70.5 Å². The van der Waals surface area contributed by atoms with Crippen molar-refractivity contribution in [3.05, 3.63) is 421 Å². The van der Waals surface area contributed by atoms with Gasteiger partial charge in [0.15, 0.2) is 86.4 Å². The highest BCUT2D eigenvalue weighted by Gasteiger charge is 2.23. The van der Waals surface area contributed by atoms with Crippen molar-refractivity contribution in [1.82, 2.24) is 0 Å². The van der Waals surface area contributed by atoms with Crippen LogP contribution in [-0.4, -0.2) is 58.4 Å². The summed E-state index contributed by atoms with van der Waals surface area (Å²) in [6, 6.07) is 86.9. The molecule has 1 N–H and O–H groups in total. The number of hydrogen-bond acceptors (Lipinski definition) is 14. The number of rotatable bonds is 9. The lowest BCUT2D eigenvalue weighted by molar-refractivity contribution is -0.670. The summed E-state index contributed by atoms with van der Waals surface area (Å²) in [7, 11) is 24.5. The van der Waals surface area contributed by atoms with Crippen LogP contribution in [0.3, 0.4) is 0 Å². The number of carbonyl (C=O) groups excluding carboxylic acids is 1. The second-order valence-corrected chi connectivity index (χ2v) is 32.2. The van der Waals surface area contributed by atoms with Crippen LogP contribution in [0.25, 0.3) is 109 Å². The quantitative estimate of drug-likeness (QED) is 0.0607. The molecule has 138 heavy (non-hydrogen) atoms. The minimum absolute atomic E-state index is 0.128. The fourth-order valence-electron chi connectivity index (χ4n) is 15.6. The van der Waals surface area contributed by atoms with Gasteiger partial charge in [-0.15, -0.1) is 0 Å². The predicted octanol–water partition coefficient (Wildman–Crippen LogP) is 16.6. The number of aryl methyl sites for hydroxylation is 13. The highest BCUT2D eigenvalue weighted by atomic mass is 16.6. The topological polar surface area (TPSA) is 317 Å². The molecule has 0 spiro atoms. The molecule has 10 heterocycles. The standard InChI is InChI=1S/C13H16NO2.C12H14NO.C11H11N2O2.C11H9N2.C11H9NO2.C11H10NO.3C10H9N2O2.C10H10N/c1-9-5-6-14(2)13-11(9)7-10(15-3)8-12(13)16-4;1-9-6-7-13(2)12-5-4-10(14-3)8-11(9)12;1-8-5-6-10-9(11(8)13(14)15)4-3-7-12(10)2;1-13-8-9(7-12)6-10-4-2-3-5-11(10)13;1-12-7-6-9(11(13)14)8-4-2-3-5-10(8)12;1-12-7-6-9(8-13)10-4-2-3-5-11(10)12;1-11-7-3-4-8-9(11)5-2-6-10(8)12(13)14;1-11-6-2-3-8-7-9(12(13)14)4-5-10(8)11;1-11-6-5-9-8(7-11)3-2-4-10(9)12(13)14;1-11-7-6-9-4-2-3-5-10(9)8-11/h5-8H,1-4H3;4-8H,1-3H3;3-7H,1-2H3;2-6,8H,1H3;2-7H,1H3;2-8H,1H3;3*2-7H,1H3;2-8H,1H3/q4*+1;;5*+1/p+1. The van der Waals surface area contributed by atoms with Crippen molar-refractivity contribution in [3.63, 3.8) is 0 Å². The van der Waals surface area contributed by atoms with E-state index in [2.05, 4.69) is 107 Å². The SMILES string of the molecule is COc1cc(OC)c2c(c1)c(C)cc[n+]2C.COc1ccc2c(c1)c(C)cc[n+]2C.C[n+]1cc(C#N)cc2ccccc21.C[n+]1ccc(C(=O)O)c2ccccc21.C[n+]1ccc(C=O)c2ccccc21.C[n+]1ccc2c([N+](=O)[O-])cccc2c1.C[n+]1ccc2ccccc2c1.C[n+]1cccc2c([N+](=O)[O-])cccc21.C[n+]1cccc2cc([N+](=O)[O-])ccc21.Cc1ccc2c(ccc[n+]2C)c1[N+](=O)[O-]. The van der Waals surface area contributed by atoms with Crippen molar-refractivity contribution in [2.45, 2.75) is 20.8 Å². The Morgan fingerprint density at radius 2 is 0.790 bits per heavy atom. The molecule has 20 rings (SSSR count). The number of aldehydes is 1. The summed E-state index contributed by atoms with van der Waals surface area (Å²) in [5, 5.41) is 72.3. The number of benzene rings is 10. The van der Waals surface area contributed by atoms with Crippen molar-refractivity contribution >= 4 is 144 Å². The fourth-order valence-corrected chi connectivity index (χ4v) is 15.6. The van der Waals surface area contributed by atoms with Gasteiger partial charge in [-0.25, -0.2) is 41.3 Å². The highest BCUT2D eigenvalue weighted by Crippen LogP contribution is 2.32. The molecule has 20 aromatic rings. The van der Waals surface area contributed by atoms with Gasteiger partial charge in [-0.3, -0.25) is 45.3 Å². The molecule has 10 aromatic carbocycles. The summed E-state index contributed by atoms with van der Waals surface area (Å²) in [4.78, 5) is 63.1. The monoisotopic (exact) mass is 1850 g/mol. The molecule has 692 valence electrons. The molecule has 0 saturated carbocycles. The number of non-ortho nitro benzene ring substituents is 3. The van der Waals surface area contributed by atoms with E-state index in [0.717, 1.165) is 100 Å². The van der Waals surface area contributed by atoms with Gasteiger partial charge in [0, 0.05) is 149 Å². The Morgan fingerprint density at radius 3 is 1.41 bits per heavy atom. The van der Waals surface area contributed by atoms with Crippen LogP contribution in [0.1, 0.15) is 43.0 Å². The Labute approximate surface area is 796 Å². The number of aromatic carboxylic acids is 1. The van der Waals surface area contributed by atoms with Crippen molar-refractivity contribution in [3.8, 4) is 23.3 Å². The number of carbonyl (C=O) groups is 2. The number of nitriles is 1. The third kappa shape index (κ3) is 24.8. The van der Waals surface area contributed by atoms with Gasteiger partial charge >= 0.3 is 5.97 Å². The maximum absolute atomic E-state index is 10.9. The number of nitro groups is 4. The van der Waals surface area contributed by atoms with Crippen molar-refractivity contribution in [1.29, 1.82) is 5.26 Å². The number of hydrogen-bond donors (Lipinski definition) is 1. The van der Waals surface area contributed by atoms with Gasteiger partial charge in [0.25, 0.3) is 28.3 Å². The summed E-state index contributed by atoms with van der Waals surface area (Å²) in [6.45, 7) is 5.95. The number of nitro benzene ring substituents is 4. The third-order valence-electron chi connectivity index (χ3n) is 22.8. The number of methoxy groups -OCH3 is 3. The number of fused-ring (bicyclic) bond motifs is 10. The second-order valence-electron chi connectivity index (χ2n) is 32.2. The van der Waals surface area contributed by atoms with Crippen LogP contribution < -0.4 is 59.9 Å². The molecule has 0 saturated heterocycles. The lowest BCUT2D eigenvalue weighted by Crippen LogP contribution is -2.28. The third-order valence-corrected chi connectivity index (χ3v) is 22.8. The molecule has 29 nitrogen and oxygen atoms in total. The number of pyridine rings is 10. The largest absolute Gasteiger partial charge is 0.497 e. The van der Waals surface area contributed by atoms with Crippen LogP contribution in [0.2, 0.25) is 0 Å². The minimum atomic E-state index is -0.887. The number of para-hydroxylation sites is 3. The van der Waals surface area contributed by atoms with Crippen molar-refractivity contribution in [2.75, 3.05) is 21.3 Å². The molecular formula is C109H107N15O14+10. The Morgan fingerprint density at radius 1 is 0.341 bits per heavy atom. The molecule has 0 atom stereocenters. The Bertz CT molecular complexity index is 7990. The smallest absolute Gasteiger partial charge is 0.336 e. The van der Waals surface area contributed by atoms with E-state index < -0.39 is 5.97 Å². The number of aromatic nitrogens is 10. The summed E-state index contributed by atoms with van der Waals surface area (Å²) < 4.78 is 35.5. The molecule has 0 bridgehead atoms. The van der Waals surface area contributed by atoms with Crippen LogP contribution in [-0.2, 0) is 70.5 Å². The van der Waals surface area contributed by atoms with Gasteiger partial charge in [-0.1, -0.05) is 60.7 Å². The summed E-state index contributed by atoms with van der Waals surface area (Å²) >= 11 is 0. The van der Waals surface area contributed by atoms with E-state index in [4.69, 9.17) is 24.6 Å². The number of carboxylic acid groups (broad SMARTS) is 1. The lowest BCUT2D eigenvalue weighted by Gasteiger charge is -2.08. The molecule has 0 radical (unpaired) electrons. The molecule has 0 amide bonds. The van der Waals surface area contributed by atoms with E-state index >= 15 is 0 Å². The van der Waals surface area contributed by atoms with Crippen LogP contribution in [0.4, 0.5) is 22.7 Å². The van der Waals surface area contributed by atoms with Crippen LogP contribution >= 0.6 is 0 Å². The molecule has 0 fully saturated rings. The first-order chi connectivity index (χ1) is 66.3. The first-order valence-corrected chi connectivity index (χ1v) is 43.4. The Kier molecular flexibility index (Phi) is 34.1. The molecule has 0 unspecified atom stereocenters. The van der Waals surface area contributed by atoms with Crippen LogP contribution in [0, 0.1) is 72.6 Å². The maximum Gasteiger partial charge on any atom is 0.336 e. The van der Waals surface area contributed by atoms with Gasteiger partial charge in [-0.05, 0) is 122 Å².